The average Bonchev–Trinajstić information content (AvgIpc) is 2.41. The Morgan fingerprint density at radius 3 is 2.24 bits per heavy atom. The summed E-state index contributed by atoms with van der Waals surface area (Å²) in [4.78, 5) is 33.1. The van der Waals surface area contributed by atoms with Crippen molar-refractivity contribution >= 4 is 18.1 Å². The van der Waals surface area contributed by atoms with Gasteiger partial charge in [-0.15, -0.1) is 0 Å². The summed E-state index contributed by atoms with van der Waals surface area (Å²) in [6.07, 6.45) is 1.77. The van der Waals surface area contributed by atoms with Crippen molar-refractivity contribution in [1.82, 2.24) is 21.3 Å². The van der Waals surface area contributed by atoms with Gasteiger partial charge >= 0.3 is 0 Å². The van der Waals surface area contributed by atoms with E-state index in [0.717, 1.165) is 5.57 Å². The molecule has 0 heterocycles. The fourth-order valence-electron chi connectivity index (χ4n) is 1.62. The van der Waals surface area contributed by atoms with Gasteiger partial charge in [0.1, 0.15) is 0 Å². The van der Waals surface area contributed by atoms with Crippen LogP contribution in [0, 0.1) is 5.92 Å². The number of likely N-dealkylation sites (N-methyl/N-ethyl adjacent to an activating group) is 2. The van der Waals surface area contributed by atoms with E-state index in [1.165, 1.54) is 0 Å². The summed E-state index contributed by atoms with van der Waals surface area (Å²) < 4.78 is 0. The van der Waals surface area contributed by atoms with Crippen LogP contribution >= 0.6 is 0 Å². The number of carbonyl (C=O) groups excluding carboxylic acids is 3. The Bertz CT molecular complexity index is 350. The summed E-state index contributed by atoms with van der Waals surface area (Å²) >= 11 is 0. The fraction of sp³-hybridized carbons (Fsp3) is 0.615. The number of amides is 2. The molecule has 1 atom stereocenters. The molecule has 0 aromatic carbocycles. The molecule has 0 saturated carbocycles. The van der Waals surface area contributed by atoms with Crippen molar-refractivity contribution in [3.05, 3.63) is 12.2 Å². The van der Waals surface area contributed by atoms with Gasteiger partial charge < -0.3 is 26.1 Å². The summed E-state index contributed by atoms with van der Waals surface area (Å²) in [5.41, 5.74) is 0.822. The quantitative estimate of drug-likeness (QED) is 0.257. The largest absolute Gasteiger partial charge is 0.540 e. The molecule has 0 spiro atoms. The second-order valence-corrected chi connectivity index (χ2v) is 4.35. The van der Waals surface area contributed by atoms with E-state index in [-0.39, 0.29) is 70.0 Å². The predicted octanol–water partition coefficient (Wildman–Crippen LogP) is -1.67. The molecule has 1 radical (unpaired) electrons. The molecule has 2 amide bonds. The van der Waals surface area contributed by atoms with Crippen molar-refractivity contribution in [2.75, 3.05) is 40.3 Å². The Labute approximate surface area is 150 Å². The molecule has 0 aliphatic rings. The molecular formula is C13H23N4O3Y-. The monoisotopic (exact) mass is 372 g/mol. The maximum absolute atomic E-state index is 11.6. The number of hydrogen-bond acceptors (Lipinski definition) is 5. The van der Waals surface area contributed by atoms with Gasteiger partial charge in [-0.05, 0) is 14.1 Å². The molecule has 0 aliphatic carbocycles. The second-order valence-electron chi connectivity index (χ2n) is 4.35. The Balaban J connectivity index is 0. The van der Waals surface area contributed by atoms with Crippen LogP contribution in [-0.4, -0.2) is 58.4 Å². The number of rotatable bonds is 11. The molecule has 0 saturated heterocycles. The standard InChI is InChI=1S/C13H23N4O3.Y/c1-10(7-14-2)11(6-12(19)16-4-5-18)8-17-13(20)9-15-3;/h11,14-15H,1,4,6-9H2,2-3H3,(H,16,19)(H,17,20);/q-1;. The smallest absolute Gasteiger partial charge is 0.233 e. The van der Waals surface area contributed by atoms with Crippen LogP contribution < -0.4 is 21.3 Å². The third kappa shape index (κ3) is 11.7. The van der Waals surface area contributed by atoms with E-state index in [2.05, 4.69) is 27.8 Å². The van der Waals surface area contributed by atoms with Crippen LogP contribution in [0.1, 0.15) is 6.42 Å². The van der Waals surface area contributed by atoms with Crippen molar-refractivity contribution in [2.24, 2.45) is 5.92 Å². The van der Waals surface area contributed by atoms with Crippen LogP contribution in [-0.2, 0) is 47.1 Å². The SMILES string of the molecule is C=C(CNC)C(CNC(=O)CNC)CC(=O)NC[C-]=O.[Y]. The van der Waals surface area contributed by atoms with E-state index in [0.29, 0.717) is 13.1 Å². The van der Waals surface area contributed by atoms with Crippen molar-refractivity contribution in [1.29, 1.82) is 0 Å². The van der Waals surface area contributed by atoms with E-state index in [1.807, 2.05) is 0 Å². The van der Waals surface area contributed by atoms with Crippen molar-refractivity contribution in [3.8, 4) is 0 Å². The zero-order chi connectivity index (χ0) is 15.4. The van der Waals surface area contributed by atoms with Crippen molar-refractivity contribution in [3.63, 3.8) is 0 Å². The number of hydrogen-bond donors (Lipinski definition) is 4. The Morgan fingerprint density at radius 2 is 1.71 bits per heavy atom. The van der Waals surface area contributed by atoms with Crippen LogP contribution in [0.3, 0.4) is 0 Å². The van der Waals surface area contributed by atoms with Gasteiger partial charge in [0.15, 0.2) is 0 Å². The van der Waals surface area contributed by atoms with Gasteiger partial charge in [0.2, 0.25) is 11.8 Å². The average molecular weight is 372 g/mol. The van der Waals surface area contributed by atoms with Crippen molar-refractivity contribution in [2.45, 2.75) is 6.42 Å². The van der Waals surface area contributed by atoms with Crippen LogP contribution in [0.25, 0.3) is 0 Å². The summed E-state index contributed by atoms with van der Waals surface area (Å²) in [7, 11) is 3.46. The Kier molecular flexibility index (Phi) is 15.4. The van der Waals surface area contributed by atoms with E-state index in [4.69, 9.17) is 0 Å². The topological polar surface area (TPSA) is 99.3 Å². The molecule has 4 N–H and O–H groups in total. The first-order valence-electron chi connectivity index (χ1n) is 6.40. The minimum atomic E-state index is -0.265. The van der Waals surface area contributed by atoms with E-state index < -0.39 is 0 Å². The van der Waals surface area contributed by atoms with Crippen LogP contribution in [0.4, 0.5) is 0 Å². The molecule has 0 bridgehead atoms. The first kappa shape index (κ1) is 22.7. The summed E-state index contributed by atoms with van der Waals surface area (Å²) in [5.74, 6) is -0.593. The van der Waals surface area contributed by atoms with Gasteiger partial charge in [0, 0.05) is 58.1 Å². The molecule has 0 aromatic rings. The van der Waals surface area contributed by atoms with Crippen LogP contribution in [0.5, 0.6) is 0 Å². The molecule has 0 aliphatic heterocycles. The van der Waals surface area contributed by atoms with Gasteiger partial charge in [0.05, 0.1) is 6.54 Å². The van der Waals surface area contributed by atoms with Crippen LogP contribution in [0.15, 0.2) is 12.2 Å². The minimum absolute atomic E-state index is 0. The molecular weight excluding hydrogens is 349 g/mol. The van der Waals surface area contributed by atoms with Gasteiger partial charge in [-0.25, -0.2) is 6.29 Å². The fourth-order valence-corrected chi connectivity index (χ4v) is 1.62. The minimum Gasteiger partial charge on any atom is -0.540 e. The van der Waals surface area contributed by atoms with Gasteiger partial charge in [-0.3, -0.25) is 9.59 Å². The normalized spacial score (nSPS) is 11.0. The molecule has 8 heteroatoms. The molecule has 117 valence electrons. The van der Waals surface area contributed by atoms with Gasteiger partial charge in [0.25, 0.3) is 0 Å². The molecule has 21 heavy (non-hydrogen) atoms. The van der Waals surface area contributed by atoms with E-state index in [1.54, 1.807) is 20.4 Å². The molecule has 7 nitrogen and oxygen atoms in total. The summed E-state index contributed by atoms with van der Waals surface area (Å²) in [6.45, 7) is 4.89. The van der Waals surface area contributed by atoms with Gasteiger partial charge in [-0.2, -0.15) is 0 Å². The second kappa shape index (κ2) is 14.3. The van der Waals surface area contributed by atoms with Crippen molar-refractivity contribution < 1.29 is 47.1 Å². The van der Waals surface area contributed by atoms with E-state index >= 15 is 0 Å². The predicted molar refractivity (Wildman–Crippen MR) is 76.8 cm³/mol. The van der Waals surface area contributed by atoms with E-state index in [9.17, 15) is 14.4 Å². The first-order chi connectivity index (χ1) is 9.54. The third-order valence-corrected chi connectivity index (χ3v) is 2.65. The molecule has 1 unspecified atom stereocenters. The Morgan fingerprint density at radius 1 is 1.10 bits per heavy atom. The molecule has 0 fully saturated rings. The molecule has 0 aromatic heterocycles. The Hall–Kier alpha value is -0.626. The maximum atomic E-state index is 11.6. The zero-order valence-electron chi connectivity index (χ0n) is 12.6. The van der Waals surface area contributed by atoms with Gasteiger partial charge in [-0.1, -0.05) is 18.7 Å². The molecule has 0 rings (SSSR count). The number of nitrogens with one attached hydrogen (secondary N) is 4. The maximum Gasteiger partial charge on any atom is 0.233 e. The van der Waals surface area contributed by atoms with Crippen LogP contribution in [0.2, 0.25) is 0 Å². The zero-order valence-corrected chi connectivity index (χ0v) is 15.5. The summed E-state index contributed by atoms with van der Waals surface area (Å²) in [5, 5.41) is 10.9. The summed E-state index contributed by atoms with van der Waals surface area (Å²) in [6, 6.07) is 0. The first-order valence-corrected chi connectivity index (χ1v) is 6.40. The number of carbonyl (C=O) groups is 2. The third-order valence-electron chi connectivity index (χ3n) is 2.65.